The van der Waals surface area contributed by atoms with Crippen LogP contribution in [0.3, 0.4) is 0 Å². The summed E-state index contributed by atoms with van der Waals surface area (Å²) < 4.78 is 0. The molecule has 6 rings (SSSR count). The van der Waals surface area contributed by atoms with Crippen molar-refractivity contribution in [3.05, 3.63) is 29.8 Å². The first-order chi connectivity index (χ1) is 15.1. The van der Waals surface area contributed by atoms with Gasteiger partial charge in [-0.15, -0.1) is 0 Å². The third-order valence-corrected chi connectivity index (χ3v) is 7.83. The van der Waals surface area contributed by atoms with Crippen LogP contribution in [0.25, 0.3) is 0 Å². The SMILES string of the molecule is NC1N=C(C2CCCCC2)c2ccccc2N(CC(=O)N2CC3CCC(CC3)C2)C1=O. The molecule has 2 N–H and O–H groups in total. The normalized spacial score (nSPS) is 29.3. The third kappa shape index (κ3) is 4.14. The van der Waals surface area contributed by atoms with E-state index in [9.17, 15) is 9.59 Å². The van der Waals surface area contributed by atoms with Crippen molar-refractivity contribution in [2.45, 2.75) is 64.0 Å². The summed E-state index contributed by atoms with van der Waals surface area (Å²) in [7, 11) is 0. The van der Waals surface area contributed by atoms with Crippen LogP contribution in [-0.2, 0) is 9.59 Å². The van der Waals surface area contributed by atoms with Crippen LogP contribution in [0.5, 0.6) is 0 Å². The molecule has 6 heteroatoms. The summed E-state index contributed by atoms with van der Waals surface area (Å²) in [6, 6.07) is 7.91. The second-order valence-corrected chi connectivity index (χ2v) is 9.92. The molecule has 2 saturated heterocycles. The van der Waals surface area contributed by atoms with Gasteiger partial charge >= 0.3 is 0 Å². The monoisotopic (exact) mass is 422 g/mol. The quantitative estimate of drug-likeness (QED) is 0.811. The van der Waals surface area contributed by atoms with E-state index in [0.29, 0.717) is 17.8 Å². The molecule has 2 aliphatic carbocycles. The number of hydrogen-bond donors (Lipinski definition) is 1. The van der Waals surface area contributed by atoms with Crippen molar-refractivity contribution in [2.24, 2.45) is 28.5 Å². The van der Waals surface area contributed by atoms with Gasteiger partial charge in [-0.1, -0.05) is 37.5 Å². The molecule has 4 fully saturated rings. The lowest BCUT2D eigenvalue weighted by molar-refractivity contribution is -0.132. The fourth-order valence-corrected chi connectivity index (χ4v) is 6.08. The standard InChI is InChI=1S/C25H34N4O2/c26-24-25(31)29(16-22(30)28-14-17-10-11-18(15-28)13-12-17)21-9-5-4-8-20(21)23(27-24)19-6-2-1-3-7-19/h4-5,8-9,17-19,24H,1-3,6-7,10-16,26H2. The lowest BCUT2D eigenvalue weighted by Gasteiger charge is -2.29. The summed E-state index contributed by atoms with van der Waals surface area (Å²) in [6.07, 6.45) is 9.77. The molecule has 2 bridgehead atoms. The van der Waals surface area contributed by atoms with E-state index in [0.717, 1.165) is 42.9 Å². The highest BCUT2D eigenvalue weighted by atomic mass is 16.2. The van der Waals surface area contributed by atoms with Crippen molar-refractivity contribution < 1.29 is 9.59 Å². The molecule has 5 aliphatic rings. The van der Waals surface area contributed by atoms with Gasteiger partial charge < -0.3 is 10.6 Å². The van der Waals surface area contributed by atoms with Crippen molar-refractivity contribution >= 4 is 23.2 Å². The maximum Gasteiger partial charge on any atom is 0.266 e. The Morgan fingerprint density at radius 3 is 2.29 bits per heavy atom. The Labute approximate surface area is 184 Å². The predicted octanol–water partition coefficient (Wildman–Crippen LogP) is 3.34. The molecule has 31 heavy (non-hydrogen) atoms. The topological polar surface area (TPSA) is 79.0 Å². The fraction of sp³-hybridized carbons (Fsp3) is 0.640. The molecule has 0 radical (unpaired) electrons. The number of fused-ring (bicyclic) bond motifs is 5. The van der Waals surface area contributed by atoms with Gasteiger partial charge in [-0.3, -0.25) is 19.5 Å². The summed E-state index contributed by atoms with van der Waals surface area (Å²) in [4.78, 5) is 35.0. The highest BCUT2D eigenvalue weighted by Gasteiger charge is 2.36. The summed E-state index contributed by atoms with van der Waals surface area (Å²) >= 11 is 0. The number of nitrogens with zero attached hydrogens (tertiary/aromatic N) is 3. The largest absolute Gasteiger partial charge is 0.341 e. The molecule has 1 aromatic rings. The molecule has 3 aliphatic heterocycles. The number of para-hydroxylation sites is 1. The minimum absolute atomic E-state index is 0.0373. The first kappa shape index (κ1) is 20.7. The van der Waals surface area contributed by atoms with Gasteiger partial charge in [0.15, 0.2) is 6.17 Å². The first-order valence-electron chi connectivity index (χ1n) is 12.1. The zero-order valence-electron chi connectivity index (χ0n) is 18.3. The van der Waals surface area contributed by atoms with E-state index >= 15 is 0 Å². The minimum Gasteiger partial charge on any atom is -0.341 e. The maximum atomic E-state index is 13.3. The van der Waals surface area contributed by atoms with Gasteiger partial charge in [-0.25, -0.2) is 0 Å². The lowest BCUT2D eigenvalue weighted by Crippen LogP contribution is -2.48. The van der Waals surface area contributed by atoms with Gasteiger partial charge in [0.05, 0.1) is 5.69 Å². The maximum absolute atomic E-state index is 13.3. The van der Waals surface area contributed by atoms with Gasteiger partial charge in [-0.2, -0.15) is 0 Å². The molecular weight excluding hydrogens is 388 g/mol. The zero-order chi connectivity index (χ0) is 21.4. The zero-order valence-corrected chi connectivity index (χ0v) is 18.3. The third-order valence-electron chi connectivity index (χ3n) is 7.83. The Hall–Kier alpha value is -2.21. The average molecular weight is 423 g/mol. The fourth-order valence-electron chi connectivity index (χ4n) is 6.08. The van der Waals surface area contributed by atoms with Crippen LogP contribution in [0.2, 0.25) is 0 Å². The highest BCUT2D eigenvalue weighted by molar-refractivity contribution is 6.14. The number of rotatable bonds is 3. The Kier molecular flexibility index (Phi) is 5.83. The number of benzodiazepines with no additional fused rings is 1. The smallest absolute Gasteiger partial charge is 0.266 e. The van der Waals surface area contributed by atoms with Gasteiger partial charge in [-0.05, 0) is 56.4 Å². The van der Waals surface area contributed by atoms with Crippen molar-refractivity contribution in [2.75, 3.05) is 24.5 Å². The second-order valence-electron chi connectivity index (χ2n) is 9.92. The van der Waals surface area contributed by atoms with Crippen LogP contribution in [0.1, 0.15) is 63.4 Å². The van der Waals surface area contributed by atoms with Gasteiger partial charge in [0.2, 0.25) is 5.91 Å². The number of hydrogen-bond acceptors (Lipinski definition) is 4. The Morgan fingerprint density at radius 1 is 0.968 bits per heavy atom. The molecule has 166 valence electrons. The predicted molar refractivity (Wildman–Crippen MR) is 122 cm³/mol. The van der Waals surface area contributed by atoms with Gasteiger partial charge in [0.25, 0.3) is 5.91 Å². The molecule has 1 aromatic carbocycles. The van der Waals surface area contributed by atoms with E-state index in [1.54, 1.807) is 4.90 Å². The minimum atomic E-state index is -0.947. The molecule has 2 amide bonds. The lowest BCUT2D eigenvalue weighted by atomic mass is 9.83. The van der Waals surface area contributed by atoms with E-state index in [-0.39, 0.29) is 18.4 Å². The van der Waals surface area contributed by atoms with Crippen LogP contribution >= 0.6 is 0 Å². The van der Waals surface area contributed by atoms with Crippen LogP contribution < -0.4 is 10.6 Å². The van der Waals surface area contributed by atoms with Crippen molar-refractivity contribution in [3.63, 3.8) is 0 Å². The van der Waals surface area contributed by atoms with E-state index in [1.165, 1.54) is 44.9 Å². The summed E-state index contributed by atoms with van der Waals surface area (Å²) in [5.74, 6) is 1.32. The highest BCUT2D eigenvalue weighted by Crippen LogP contribution is 2.35. The van der Waals surface area contributed by atoms with Crippen LogP contribution in [0.4, 0.5) is 5.69 Å². The number of carbonyl (C=O) groups excluding carboxylic acids is 2. The van der Waals surface area contributed by atoms with E-state index in [4.69, 9.17) is 10.7 Å². The molecular formula is C25H34N4O2. The average Bonchev–Trinajstić information content (AvgIpc) is 3.19. The van der Waals surface area contributed by atoms with Crippen molar-refractivity contribution in [1.82, 2.24) is 4.90 Å². The number of nitrogens with two attached hydrogens (primary N) is 1. The van der Waals surface area contributed by atoms with Crippen LogP contribution in [0, 0.1) is 17.8 Å². The Balaban J connectivity index is 1.43. The van der Waals surface area contributed by atoms with Crippen molar-refractivity contribution in [3.8, 4) is 0 Å². The molecule has 1 atom stereocenters. The van der Waals surface area contributed by atoms with E-state index in [2.05, 4.69) is 0 Å². The summed E-state index contributed by atoms with van der Waals surface area (Å²) in [5.41, 5.74) is 8.99. The number of benzene rings is 1. The first-order valence-corrected chi connectivity index (χ1v) is 12.1. The molecule has 0 aromatic heterocycles. The van der Waals surface area contributed by atoms with Gasteiger partial charge in [0, 0.05) is 30.3 Å². The molecule has 0 spiro atoms. The van der Waals surface area contributed by atoms with Crippen molar-refractivity contribution in [1.29, 1.82) is 0 Å². The van der Waals surface area contributed by atoms with E-state index in [1.807, 2.05) is 29.2 Å². The molecule has 3 heterocycles. The summed E-state index contributed by atoms with van der Waals surface area (Å²) in [5, 5.41) is 0. The Bertz CT molecular complexity index is 854. The van der Waals surface area contributed by atoms with Crippen LogP contribution in [0.15, 0.2) is 29.3 Å². The van der Waals surface area contributed by atoms with Crippen LogP contribution in [-0.4, -0.2) is 48.2 Å². The number of carbonyl (C=O) groups is 2. The second kappa shape index (κ2) is 8.73. The molecule has 6 nitrogen and oxygen atoms in total. The number of anilines is 1. The molecule has 1 unspecified atom stereocenters. The number of amides is 2. The van der Waals surface area contributed by atoms with Gasteiger partial charge in [0.1, 0.15) is 6.54 Å². The Morgan fingerprint density at radius 2 is 1.61 bits per heavy atom. The number of aliphatic imine (C=N–C) groups is 1. The summed E-state index contributed by atoms with van der Waals surface area (Å²) in [6.45, 7) is 1.71. The molecule has 2 saturated carbocycles. The van der Waals surface area contributed by atoms with E-state index < -0.39 is 6.17 Å².